The number of carbonyl (C=O) groups excluding carboxylic acids is 1. The SMILES string of the molecule is CC(C)(C)OC(=O)C[C@@H](CCCC1CCCCC1)c1nc(CN2CCCS2(=O)=O)no1. The highest BCUT2D eigenvalue weighted by Crippen LogP contribution is 2.31. The van der Waals surface area contributed by atoms with Crippen LogP contribution in [0.25, 0.3) is 0 Å². The second-order valence-corrected chi connectivity index (χ2v) is 12.1. The van der Waals surface area contributed by atoms with E-state index in [1.54, 1.807) is 0 Å². The minimum Gasteiger partial charge on any atom is -0.460 e. The molecule has 2 aliphatic rings. The average molecular weight is 456 g/mol. The van der Waals surface area contributed by atoms with Crippen molar-refractivity contribution in [3.8, 4) is 0 Å². The van der Waals surface area contributed by atoms with Crippen LogP contribution in [0.4, 0.5) is 0 Å². The van der Waals surface area contributed by atoms with E-state index in [-0.39, 0.29) is 30.6 Å². The summed E-state index contributed by atoms with van der Waals surface area (Å²) < 4.78 is 36.5. The Morgan fingerprint density at radius 3 is 2.61 bits per heavy atom. The molecule has 0 unspecified atom stereocenters. The van der Waals surface area contributed by atoms with Gasteiger partial charge in [0.05, 0.1) is 18.7 Å². The van der Waals surface area contributed by atoms with E-state index in [0.29, 0.717) is 24.7 Å². The lowest BCUT2D eigenvalue weighted by molar-refractivity contribution is -0.155. The molecule has 176 valence electrons. The number of esters is 1. The topological polar surface area (TPSA) is 103 Å². The van der Waals surface area contributed by atoms with Gasteiger partial charge >= 0.3 is 5.97 Å². The summed E-state index contributed by atoms with van der Waals surface area (Å²) in [4.78, 5) is 16.9. The molecule has 0 aromatic carbocycles. The first kappa shape index (κ1) is 24.2. The van der Waals surface area contributed by atoms with Gasteiger partial charge in [-0.05, 0) is 39.5 Å². The Kier molecular flexibility index (Phi) is 8.13. The molecule has 1 aromatic rings. The maximum atomic E-state index is 12.5. The van der Waals surface area contributed by atoms with Gasteiger partial charge in [-0.15, -0.1) is 0 Å². The average Bonchev–Trinajstić information content (AvgIpc) is 3.27. The maximum Gasteiger partial charge on any atom is 0.307 e. The summed E-state index contributed by atoms with van der Waals surface area (Å²) >= 11 is 0. The van der Waals surface area contributed by atoms with E-state index in [2.05, 4.69) is 10.1 Å². The Morgan fingerprint density at radius 1 is 1.23 bits per heavy atom. The van der Waals surface area contributed by atoms with Crippen LogP contribution in [0.5, 0.6) is 0 Å². The molecule has 1 aliphatic carbocycles. The van der Waals surface area contributed by atoms with Crippen molar-refractivity contribution in [2.75, 3.05) is 12.3 Å². The van der Waals surface area contributed by atoms with Crippen LogP contribution in [0.15, 0.2) is 4.52 Å². The number of hydrogen-bond donors (Lipinski definition) is 0. The molecule has 2 fully saturated rings. The monoisotopic (exact) mass is 455 g/mol. The van der Waals surface area contributed by atoms with Gasteiger partial charge in [-0.2, -0.15) is 9.29 Å². The van der Waals surface area contributed by atoms with Gasteiger partial charge in [0.25, 0.3) is 0 Å². The molecule has 0 N–H and O–H groups in total. The Labute approximate surface area is 186 Å². The van der Waals surface area contributed by atoms with Gasteiger partial charge in [-0.25, -0.2) is 8.42 Å². The fourth-order valence-corrected chi connectivity index (χ4v) is 6.02. The zero-order chi connectivity index (χ0) is 22.5. The van der Waals surface area contributed by atoms with Crippen LogP contribution in [-0.4, -0.2) is 46.7 Å². The molecule has 3 rings (SSSR count). The Morgan fingerprint density at radius 2 is 1.97 bits per heavy atom. The molecule has 9 heteroatoms. The highest BCUT2D eigenvalue weighted by molar-refractivity contribution is 7.89. The molecule has 0 bridgehead atoms. The normalized spacial score (nSPS) is 21.3. The quantitative estimate of drug-likeness (QED) is 0.515. The first-order valence-corrected chi connectivity index (χ1v) is 13.3. The van der Waals surface area contributed by atoms with Gasteiger partial charge < -0.3 is 9.26 Å². The van der Waals surface area contributed by atoms with Crippen molar-refractivity contribution < 1.29 is 22.5 Å². The summed E-state index contributed by atoms with van der Waals surface area (Å²) in [5.74, 6) is 1.20. The van der Waals surface area contributed by atoms with Crippen molar-refractivity contribution in [3.63, 3.8) is 0 Å². The molecule has 0 amide bonds. The van der Waals surface area contributed by atoms with E-state index in [9.17, 15) is 13.2 Å². The molecule has 2 heterocycles. The zero-order valence-electron chi connectivity index (χ0n) is 19.1. The molecule has 31 heavy (non-hydrogen) atoms. The number of carbonyl (C=O) groups is 1. The van der Waals surface area contributed by atoms with E-state index in [1.807, 2.05) is 20.8 Å². The summed E-state index contributed by atoms with van der Waals surface area (Å²) in [6.07, 6.45) is 10.3. The first-order valence-electron chi connectivity index (χ1n) is 11.6. The largest absolute Gasteiger partial charge is 0.460 e. The Bertz CT molecular complexity index is 824. The maximum absolute atomic E-state index is 12.5. The lowest BCUT2D eigenvalue weighted by atomic mass is 9.84. The number of sulfonamides is 1. The predicted octanol–water partition coefficient (Wildman–Crippen LogP) is 4.17. The fraction of sp³-hybridized carbons (Fsp3) is 0.864. The molecule has 0 spiro atoms. The molecular formula is C22H37N3O5S. The van der Waals surface area contributed by atoms with Crippen LogP contribution in [0.3, 0.4) is 0 Å². The molecule has 1 aromatic heterocycles. The standard InChI is InChI=1S/C22H37N3O5S/c1-22(2,3)29-20(26)15-18(12-7-11-17-9-5-4-6-10-17)21-23-19(24-30-21)16-25-13-8-14-31(25,27)28/h17-18H,4-16H2,1-3H3/t18-/m1/s1. The molecular weight excluding hydrogens is 418 g/mol. The summed E-state index contributed by atoms with van der Waals surface area (Å²) in [6.45, 7) is 6.15. The van der Waals surface area contributed by atoms with Gasteiger partial charge in [0.2, 0.25) is 15.9 Å². The van der Waals surface area contributed by atoms with Crippen LogP contribution in [-0.2, 0) is 26.1 Å². The summed E-state index contributed by atoms with van der Waals surface area (Å²) in [5, 5.41) is 4.00. The van der Waals surface area contributed by atoms with Crippen molar-refractivity contribution in [1.82, 2.24) is 14.4 Å². The van der Waals surface area contributed by atoms with Gasteiger partial charge in [-0.3, -0.25) is 4.79 Å². The van der Waals surface area contributed by atoms with E-state index in [0.717, 1.165) is 25.2 Å². The lowest BCUT2D eigenvalue weighted by Gasteiger charge is -2.23. The van der Waals surface area contributed by atoms with Crippen molar-refractivity contribution in [2.45, 2.75) is 103 Å². The van der Waals surface area contributed by atoms with Crippen molar-refractivity contribution in [2.24, 2.45) is 5.92 Å². The minimum absolute atomic E-state index is 0.118. The molecule has 1 aliphatic heterocycles. The second-order valence-electron chi connectivity index (χ2n) is 9.97. The van der Waals surface area contributed by atoms with E-state index in [1.165, 1.54) is 36.4 Å². The van der Waals surface area contributed by atoms with Crippen LogP contribution >= 0.6 is 0 Å². The number of hydrogen-bond acceptors (Lipinski definition) is 7. The lowest BCUT2D eigenvalue weighted by Crippen LogP contribution is -2.26. The summed E-state index contributed by atoms with van der Waals surface area (Å²) in [5.41, 5.74) is -0.548. The van der Waals surface area contributed by atoms with Crippen LogP contribution in [0.2, 0.25) is 0 Å². The highest BCUT2D eigenvalue weighted by atomic mass is 32.2. The number of aromatic nitrogens is 2. The van der Waals surface area contributed by atoms with Crippen LogP contribution < -0.4 is 0 Å². The zero-order valence-corrected chi connectivity index (χ0v) is 20.0. The summed E-state index contributed by atoms with van der Waals surface area (Å²) in [7, 11) is -3.22. The van der Waals surface area contributed by atoms with Gasteiger partial charge in [0.15, 0.2) is 5.82 Å². The smallest absolute Gasteiger partial charge is 0.307 e. The van der Waals surface area contributed by atoms with Crippen molar-refractivity contribution in [1.29, 1.82) is 0 Å². The van der Waals surface area contributed by atoms with Crippen molar-refractivity contribution in [3.05, 3.63) is 11.7 Å². The highest BCUT2D eigenvalue weighted by Gasteiger charge is 2.31. The number of nitrogens with zero attached hydrogens (tertiary/aromatic N) is 3. The molecule has 1 saturated carbocycles. The third-order valence-corrected chi connectivity index (χ3v) is 7.98. The molecule has 0 radical (unpaired) electrons. The minimum atomic E-state index is -3.22. The molecule has 1 saturated heterocycles. The first-order chi connectivity index (χ1) is 14.6. The third-order valence-electron chi connectivity index (χ3n) is 6.08. The van der Waals surface area contributed by atoms with Gasteiger partial charge in [0, 0.05) is 12.5 Å². The van der Waals surface area contributed by atoms with E-state index >= 15 is 0 Å². The summed E-state index contributed by atoms with van der Waals surface area (Å²) in [6, 6.07) is 0. The van der Waals surface area contributed by atoms with E-state index < -0.39 is 15.6 Å². The van der Waals surface area contributed by atoms with Crippen LogP contribution in [0, 0.1) is 5.92 Å². The number of ether oxygens (including phenoxy) is 1. The second kappa shape index (κ2) is 10.4. The fourth-order valence-electron chi connectivity index (χ4n) is 4.55. The van der Waals surface area contributed by atoms with Gasteiger partial charge in [0.1, 0.15) is 5.60 Å². The van der Waals surface area contributed by atoms with E-state index in [4.69, 9.17) is 9.26 Å². The third kappa shape index (κ3) is 7.56. The van der Waals surface area contributed by atoms with Crippen molar-refractivity contribution >= 4 is 16.0 Å². The van der Waals surface area contributed by atoms with Crippen LogP contribution in [0.1, 0.15) is 103 Å². The number of rotatable bonds is 9. The predicted molar refractivity (Wildman–Crippen MR) is 117 cm³/mol. The van der Waals surface area contributed by atoms with Gasteiger partial charge in [-0.1, -0.05) is 50.1 Å². The molecule has 8 nitrogen and oxygen atoms in total. The Balaban J connectivity index is 1.63. The Hall–Kier alpha value is -1.48. The molecule has 1 atom stereocenters.